The molecule has 0 heterocycles. The Balaban J connectivity index is 1.92. The molecular weight excluding hydrogens is 408 g/mol. The van der Waals surface area contributed by atoms with Crippen LogP contribution < -0.4 is 15.4 Å². The molecule has 6 heteroatoms. The van der Waals surface area contributed by atoms with Crippen LogP contribution in [0.15, 0.2) is 46.9 Å². The standard InChI is InChI=1S/C21H25BrN2O3/c1-13(2)18-11-15(22)5-10-19(18)27-12-20(25)23-16-6-8-17(9-7-16)24-21(26)14(3)4/h5-11,13-14H,12H2,1-4H3,(H,23,25)(H,24,26). The SMILES string of the molecule is CC(C)C(=O)Nc1ccc(NC(=O)COc2ccc(Br)cc2C(C)C)cc1. The summed E-state index contributed by atoms with van der Waals surface area (Å²) in [5.74, 6) is 0.613. The Morgan fingerprint density at radius 3 is 2.11 bits per heavy atom. The molecule has 0 aromatic heterocycles. The van der Waals surface area contributed by atoms with Crippen molar-refractivity contribution in [3.8, 4) is 5.75 Å². The number of ether oxygens (including phenoxy) is 1. The molecule has 2 amide bonds. The van der Waals surface area contributed by atoms with Gasteiger partial charge in [-0.3, -0.25) is 9.59 Å². The molecule has 0 unspecified atom stereocenters. The zero-order valence-electron chi connectivity index (χ0n) is 16.0. The Kier molecular flexibility index (Phi) is 7.42. The number of rotatable bonds is 7. The van der Waals surface area contributed by atoms with E-state index in [9.17, 15) is 9.59 Å². The molecule has 0 spiro atoms. The highest BCUT2D eigenvalue weighted by Crippen LogP contribution is 2.29. The summed E-state index contributed by atoms with van der Waals surface area (Å²) in [6.45, 7) is 7.75. The molecule has 0 radical (unpaired) electrons. The number of anilines is 2. The lowest BCUT2D eigenvalue weighted by molar-refractivity contribution is -0.119. The molecular formula is C21H25BrN2O3. The van der Waals surface area contributed by atoms with Gasteiger partial charge in [0.25, 0.3) is 5.91 Å². The minimum Gasteiger partial charge on any atom is -0.483 e. The molecule has 0 saturated heterocycles. The van der Waals surface area contributed by atoms with Crippen LogP contribution in [0.25, 0.3) is 0 Å². The number of halogens is 1. The average molecular weight is 433 g/mol. The van der Waals surface area contributed by atoms with Crippen molar-refractivity contribution in [1.82, 2.24) is 0 Å². The predicted octanol–water partition coefficient (Wildman–Crippen LogP) is 5.18. The summed E-state index contributed by atoms with van der Waals surface area (Å²) >= 11 is 3.46. The van der Waals surface area contributed by atoms with Crippen molar-refractivity contribution in [1.29, 1.82) is 0 Å². The lowest BCUT2D eigenvalue weighted by Gasteiger charge is -2.14. The van der Waals surface area contributed by atoms with E-state index in [0.29, 0.717) is 17.1 Å². The van der Waals surface area contributed by atoms with Crippen molar-refractivity contribution in [3.63, 3.8) is 0 Å². The van der Waals surface area contributed by atoms with Gasteiger partial charge in [-0.2, -0.15) is 0 Å². The maximum absolute atomic E-state index is 12.2. The molecule has 0 fully saturated rings. The van der Waals surface area contributed by atoms with Crippen LogP contribution >= 0.6 is 15.9 Å². The van der Waals surface area contributed by atoms with Gasteiger partial charge < -0.3 is 15.4 Å². The second kappa shape index (κ2) is 9.55. The van der Waals surface area contributed by atoms with Crippen LogP contribution in [0.4, 0.5) is 11.4 Å². The molecule has 0 aliphatic rings. The average Bonchev–Trinajstić information content (AvgIpc) is 2.62. The van der Waals surface area contributed by atoms with Crippen molar-refractivity contribution in [3.05, 3.63) is 52.5 Å². The first-order chi connectivity index (χ1) is 12.8. The van der Waals surface area contributed by atoms with Crippen LogP contribution in [0.3, 0.4) is 0 Å². The van der Waals surface area contributed by atoms with E-state index in [-0.39, 0.29) is 30.3 Å². The molecule has 0 aliphatic heterocycles. The van der Waals surface area contributed by atoms with Gasteiger partial charge in [0.1, 0.15) is 5.75 Å². The Bertz CT molecular complexity index is 802. The zero-order valence-corrected chi connectivity index (χ0v) is 17.6. The van der Waals surface area contributed by atoms with Crippen molar-refractivity contribution >= 4 is 39.1 Å². The normalized spacial score (nSPS) is 10.8. The summed E-state index contributed by atoms with van der Waals surface area (Å²) in [7, 11) is 0. The summed E-state index contributed by atoms with van der Waals surface area (Å²) < 4.78 is 6.68. The Labute approximate surface area is 168 Å². The number of hydrogen-bond donors (Lipinski definition) is 2. The first-order valence-corrected chi connectivity index (χ1v) is 9.68. The second-order valence-electron chi connectivity index (χ2n) is 6.90. The fraction of sp³-hybridized carbons (Fsp3) is 0.333. The van der Waals surface area contributed by atoms with Gasteiger partial charge in [0.15, 0.2) is 6.61 Å². The fourth-order valence-electron chi connectivity index (χ4n) is 2.37. The number of benzene rings is 2. The molecule has 2 rings (SSSR count). The van der Waals surface area contributed by atoms with E-state index in [1.807, 2.05) is 32.0 Å². The smallest absolute Gasteiger partial charge is 0.262 e. The van der Waals surface area contributed by atoms with Crippen LogP contribution in [0.2, 0.25) is 0 Å². The van der Waals surface area contributed by atoms with Crippen LogP contribution in [0.1, 0.15) is 39.2 Å². The molecule has 0 aliphatic carbocycles. The Morgan fingerprint density at radius 2 is 1.56 bits per heavy atom. The lowest BCUT2D eigenvalue weighted by atomic mass is 10.0. The number of carbonyl (C=O) groups excluding carboxylic acids is 2. The summed E-state index contributed by atoms with van der Waals surface area (Å²) in [6.07, 6.45) is 0. The number of nitrogens with one attached hydrogen (secondary N) is 2. The van der Waals surface area contributed by atoms with Crippen molar-refractivity contribution in [2.75, 3.05) is 17.2 Å². The summed E-state index contributed by atoms with van der Waals surface area (Å²) in [5.41, 5.74) is 2.38. The van der Waals surface area contributed by atoms with Crippen LogP contribution in [-0.2, 0) is 9.59 Å². The monoisotopic (exact) mass is 432 g/mol. The highest BCUT2D eigenvalue weighted by atomic mass is 79.9. The van der Waals surface area contributed by atoms with E-state index < -0.39 is 0 Å². The third kappa shape index (κ3) is 6.40. The fourth-order valence-corrected chi connectivity index (χ4v) is 2.74. The third-order valence-corrected chi connectivity index (χ3v) is 4.41. The Morgan fingerprint density at radius 1 is 0.963 bits per heavy atom. The highest BCUT2D eigenvalue weighted by Gasteiger charge is 2.11. The van der Waals surface area contributed by atoms with E-state index in [0.717, 1.165) is 10.0 Å². The Hall–Kier alpha value is -2.34. The van der Waals surface area contributed by atoms with Crippen molar-refractivity contribution < 1.29 is 14.3 Å². The first-order valence-electron chi connectivity index (χ1n) is 8.89. The quantitative estimate of drug-likeness (QED) is 0.632. The maximum atomic E-state index is 12.2. The molecule has 0 bridgehead atoms. The molecule has 27 heavy (non-hydrogen) atoms. The molecule has 2 N–H and O–H groups in total. The minimum atomic E-state index is -0.244. The maximum Gasteiger partial charge on any atom is 0.262 e. The van der Waals surface area contributed by atoms with Crippen LogP contribution in [0.5, 0.6) is 5.75 Å². The van der Waals surface area contributed by atoms with E-state index >= 15 is 0 Å². The number of carbonyl (C=O) groups is 2. The van der Waals surface area contributed by atoms with E-state index in [4.69, 9.17) is 4.74 Å². The van der Waals surface area contributed by atoms with Crippen LogP contribution in [0, 0.1) is 5.92 Å². The van der Waals surface area contributed by atoms with Gasteiger partial charge in [-0.15, -0.1) is 0 Å². The van der Waals surface area contributed by atoms with Gasteiger partial charge in [0.05, 0.1) is 0 Å². The largest absolute Gasteiger partial charge is 0.483 e. The van der Waals surface area contributed by atoms with Gasteiger partial charge in [0, 0.05) is 21.8 Å². The van der Waals surface area contributed by atoms with E-state index in [1.165, 1.54) is 0 Å². The second-order valence-corrected chi connectivity index (χ2v) is 7.81. The van der Waals surface area contributed by atoms with E-state index in [1.54, 1.807) is 24.3 Å². The molecule has 0 saturated carbocycles. The van der Waals surface area contributed by atoms with Crippen molar-refractivity contribution in [2.24, 2.45) is 5.92 Å². The molecule has 2 aromatic rings. The first kappa shape index (κ1) is 21.0. The van der Waals surface area contributed by atoms with Gasteiger partial charge in [-0.05, 0) is 53.9 Å². The molecule has 0 atom stereocenters. The third-order valence-electron chi connectivity index (χ3n) is 3.91. The zero-order chi connectivity index (χ0) is 20.0. The molecule has 144 valence electrons. The van der Waals surface area contributed by atoms with E-state index in [2.05, 4.69) is 40.4 Å². The predicted molar refractivity (Wildman–Crippen MR) is 112 cm³/mol. The van der Waals surface area contributed by atoms with Gasteiger partial charge in [0.2, 0.25) is 5.91 Å². The molecule has 2 aromatic carbocycles. The topological polar surface area (TPSA) is 67.4 Å². The number of amides is 2. The summed E-state index contributed by atoms with van der Waals surface area (Å²) in [6, 6.07) is 12.7. The lowest BCUT2D eigenvalue weighted by Crippen LogP contribution is -2.21. The van der Waals surface area contributed by atoms with Gasteiger partial charge in [-0.1, -0.05) is 43.6 Å². The van der Waals surface area contributed by atoms with Crippen LogP contribution in [-0.4, -0.2) is 18.4 Å². The van der Waals surface area contributed by atoms with Gasteiger partial charge in [-0.25, -0.2) is 0 Å². The summed E-state index contributed by atoms with van der Waals surface area (Å²) in [4.78, 5) is 23.9. The van der Waals surface area contributed by atoms with Gasteiger partial charge >= 0.3 is 0 Å². The minimum absolute atomic E-state index is 0.0457. The van der Waals surface area contributed by atoms with Crippen molar-refractivity contribution in [2.45, 2.75) is 33.6 Å². The molecule has 5 nitrogen and oxygen atoms in total. The number of hydrogen-bond acceptors (Lipinski definition) is 3. The highest BCUT2D eigenvalue weighted by molar-refractivity contribution is 9.10. The summed E-state index contributed by atoms with van der Waals surface area (Å²) in [5, 5.41) is 5.60.